The van der Waals surface area contributed by atoms with Gasteiger partial charge >= 0.3 is 0 Å². The number of hydrogen-bond donors (Lipinski definition) is 1. The number of nitrogens with one attached hydrogen (secondary N) is 1. The molecule has 1 fully saturated rings. The van der Waals surface area contributed by atoms with Crippen molar-refractivity contribution in [1.82, 2.24) is 5.32 Å². The zero-order valence-electron chi connectivity index (χ0n) is 13.8. The molecule has 1 N–H and O–H groups in total. The smallest absolute Gasteiger partial charge is 0.146 e. The normalized spacial score (nSPS) is 18.9. The van der Waals surface area contributed by atoms with E-state index in [1.807, 2.05) is 19.9 Å². The van der Waals surface area contributed by atoms with Gasteiger partial charge in [-0.25, -0.2) is 4.39 Å². The van der Waals surface area contributed by atoms with E-state index in [0.717, 1.165) is 12.1 Å². The number of hydrogen-bond acceptors (Lipinski definition) is 3. The van der Waals surface area contributed by atoms with Crippen molar-refractivity contribution in [3.05, 3.63) is 29.6 Å². The zero-order valence-corrected chi connectivity index (χ0v) is 13.8. The third kappa shape index (κ3) is 4.42. The Bertz CT molecular complexity index is 494. The summed E-state index contributed by atoms with van der Waals surface area (Å²) in [6.45, 7) is 13.2. The summed E-state index contributed by atoms with van der Waals surface area (Å²) in [5.41, 5.74) is 1.48. The highest BCUT2D eigenvalue weighted by atomic mass is 19.1. The zero-order chi connectivity index (χ0) is 15.7. The first kappa shape index (κ1) is 16.2. The van der Waals surface area contributed by atoms with Gasteiger partial charge in [0.1, 0.15) is 5.82 Å². The summed E-state index contributed by atoms with van der Waals surface area (Å²) >= 11 is 0. The van der Waals surface area contributed by atoms with E-state index in [1.165, 1.54) is 0 Å². The van der Waals surface area contributed by atoms with Gasteiger partial charge in [0.05, 0.1) is 17.9 Å². The summed E-state index contributed by atoms with van der Waals surface area (Å²) in [5.74, 6) is -0.152. The van der Waals surface area contributed by atoms with E-state index < -0.39 is 0 Å². The third-order valence-corrected chi connectivity index (χ3v) is 3.62. The van der Waals surface area contributed by atoms with Crippen molar-refractivity contribution in [1.29, 1.82) is 0 Å². The lowest BCUT2D eigenvalue weighted by Crippen LogP contribution is -2.49. The molecule has 0 radical (unpaired) electrons. The summed E-state index contributed by atoms with van der Waals surface area (Å²) in [4.78, 5) is 2.11. The Hall–Kier alpha value is -1.13. The molecule has 0 amide bonds. The molecular weight excluding hydrogens is 267 g/mol. The molecule has 0 aliphatic carbocycles. The molecule has 0 saturated carbocycles. The van der Waals surface area contributed by atoms with Crippen LogP contribution in [0.3, 0.4) is 0 Å². The van der Waals surface area contributed by atoms with Crippen molar-refractivity contribution >= 4 is 5.69 Å². The van der Waals surface area contributed by atoms with Crippen LogP contribution in [-0.4, -0.2) is 30.8 Å². The van der Waals surface area contributed by atoms with Crippen LogP contribution in [0.1, 0.15) is 40.2 Å². The van der Waals surface area contributed by atoms with Crippen molar-refractivity contribution in [2.24, 2.45) is 0 Å². The molecule has 1 aromatic carbocycles. The number of nitrogens with zero attached hydrogens (tertiary/aromatic N) is 1. The highest BCUT2D eigenvalue weighted by Gasteiger charge is 2.29. The number of ether oxygens (including phenoxy) is 1. The second kappa shape index (κ2) is 5.93. The average Bonchev–Trinajstić information content (AvgIpc) is 2.34. The fourth-order valence-corrected chi connectivity index (χ4v) is 2.62. The maximum atomic E-state index is 14.4. The molecule has 118 valence electrons. The molecule has 0 spiro atoms. The SMILES string of the molecule is CC(C)(C)NCc1cccc(F)c1N1CCOC(C)(C)C1. The van der Waals surface area contributed by atoms with E-state index >= 15 is 0 Å². The molecule has 4 heteroatoms. The predicted octanol–water partition coefficient (Wildman–Crippen LogP) is 3.33. The van der Waals surface area contributed by atoms with E-state index in [-0.39, 0.29) is 17.0 Å². The first-order chi connectivity index (χ1) is 9.68. The minimum atomic E-state index is -0.241. The monoisotopic (exact) mass is 294 g/mol. The molecule has 0 aromatic heterocycles. The van der Waals surface area contributed by atoms with Gasteiger partial charge in [0.15, 0.2) is 0 Å². The minimum Gasteiger partial charge on any atom is -0.372 e. The van der Waals surface area contributed by atoms with Gasteiger partial charge in [0.2, 0.25) is 0 Å². The van der Waals surface area contributed by atoms with Gasteiger partial charge in [-0.3, -0.25) is 0 Å². The van der Waals surface area contributed by atoms with Crippen molar-refractivity contribution in [2.45, 2.75) is 52.3 Å². The van der Waals surface area contributed by atoms with Gasteiger partial charge in [-0.1, -0.05) is 12.1 Å². The molecule has 1 heterocycles. The molecular formula is C17H27FN2O. The Morgan fingerprint density at radius 1 is 1.33 bits per heavy atom. The summed E-state index contributed by atoms with van der Waals surface area (Å²) in [6.07, 6.45) is 0. The quantitative estimate of drug-likeness (QED) is 0.925. The van der Waals surface area contributed by atoms with Crippen LogP contribution >= 0.6 is 0 Å². The molecule has 21 heavy (non-hydrogen) atoms. The summed E-state index contributed by atoms with van der Waals surface area (Å²) in [6, 6.07) is 5.32. The molecule has 0 atom stereocenters. The first-order valence-corrected chi connectivity index (χ1v) is 7.59. The maximum absolute atomic E-state index is 14.4. The van der Waals surface area contributed by atoms with Crippen molar-refractivity contribution < 1.29 is 9.13 Å². The lowest BCUT2D eigenvalue weighted by molar-refractivity contribution is -0.0278. The highest BCUT2D eigenvalue weighted by Crippen LogP contribution is 2.29. The lowest BCUT2D eigenvalue weighted by atomic mass is 10.0. The number of halogens is 1. The van der Waals surface area contributed by atoms with Crippen LogP contribution in [-0.2, 0) is 11.3 Å². The fourth-order valence-electron chi connectivity index (χ4n) is 2.62. The molecule has 1 aliphatic heterocycles. The Morgan fingerprint density at radius 3 is 2.67 bits per heavy atom. The van der Waals surface area contributed by atoms with E-state index in [9.17, 15) is 4.39 Å². The average molecular weight is 294 g/mol. The van der Waals surface area contributed by atoms with Gasteiger partial charge in [-0.2, -0.15) is 0 Å². The van der Waals surface area contributed by atoms with Crippen molar-refractivity contribution in [2.75, 3.05) is 24.6 Å². The van der Waals surface area contributed by atoms with E-state index in [2.05, 4.69) is 31.0 Å². The van der Waals surface area contributed by atoms with Crippen LogP contribution in [0.15, 0.2) is 18.2 Å². The predicted molar refractivity (Wildman–Crippen MR) is 85.2 cm³/mol. The summed E-state index contributed by atoms with van der Waals surface area (Å²) in [5, 5.41) is 3.44. The lowest BCUT2D eigenvalue weighted by Gasteiger charge is -2.40. The van der Waals surface area contributed by atoms with Crippen molar-refractivity contribution in [3.63, 3.8) is 0 Å². The molecule has 1 aliphatic rings. The van der Waals surface area contributed by atoms with E-state index in [4.69, 9.17) is 4.74 Å². The van der Waals surface area contributed by atoms with Gasteiger partial charge in [-0.15, -0.1) is 0 Å². The Kier molecular flexibility index (Phi) is 4.59. The van der Waals surface area contributed by atoms with Crippen LogP contribution in [0.2, 0.25) is 0 Å². The second-order valence-electron chi connectivity index (χ2n) is 7.38. The van der Waals surface area contributed by atoms with Crippen LogP contribution < -0.4 is 10.2 Å². The van der Waals surface area contributed by atoms with Crippen molar-refractivity contribution in [3.8, 4) is 0 Å². The van der Waals surface area contributed by atoms with Gasteiger partial charge in [0.25, 0.3) is 0 Å². The minimum absolute atomic E-state index is 0.00781. The Labute approximate surface area is 127 Å². The molecule has 3 nitrogen and oxygen atoms in total. The topological polar surface area (TPSA) is 24.5 Å². The summed E-state index contributed by atoms with van der Waals surface area (Å²) in [7, 11) is 0. The number of anilines is 1. The maximum Gasteiger partial charge on any atom is 0.146 e. The largest absolute Gasteiger partial charge is 0.372 e. The molecule has 0 unspecified atom stereocenters. The van der Waals surface area contributed by atoms with Crippen LogP contribution in [0.4, 0.5) is 10.1 Å². The Morgan fingerprint density at radius 2 is 2.05 bits per heavy atom. The Balaban J connectivity index is 2.25. The molecule has 2 rings (SSSR count). The number of benzene rings is 1. The van der Waals surface area contributed by atoms with Gasteiger partial charge < -0.3 is 15.0 Å². The van der Waals surface area contributed by atoms with Gasteiger partial charge in [0, 0.05) is 25.2 Å². The van der Waals surface area contributed by atoms with E-state index in [1.54, 1.807) is 12.1 Å². The first-order valence-electron chi connectivity index (χ1n) is 7.59. The standard InChI is InChI=1S/C17H27FN2O/c1-16(2,3)19-11-13-7-6-8-14(18)15(13)20-9-10-21-17(4,5)12-20/h6-8,19H,9-12H2,1-5H3. The molecule has 1 saturated heterocycles. The number of para-hydroxylation sites is 1. The van der Waals surface area contributed by atoms with Crippen LogP contribution in [0.5, 0.6) is 0 Å². The van der Waals surface area contributed by atoms with Crippen LogP contribution in [0, 0.1) is 5.82 Å². The summed E-state index contributed by atoms with van der Waals surface area (Å²) < 4.78 is 20.1. The van der Waals surface area contributed by atoms with Gasteiger partial charge in [-0.05, 0) is 46.2 Å². The van der Waals surface area contributed by atoms with Crippen LogP contribution in [0.25, 0.3) is 0 Å². The highest BCUT2D eigenvalue weighted by molar-refractivity contribution is 5.55. The van der Waals surface area contributed by atoms with E-state index in [0.29, 0.717) is 25.4 Å². The second-order valence-corrected chi connectivity index (χ2v) is 7.38. The number of rotatable bonds is 3. The fraction of sp³-hybridized carbons (Fsp3) is 0.647. The molecule has 0 bridgehead atoms. The molecule has 1 aromatic rings. The third-order valence-electron chi connectivity index (χ3n) is 3.62. The number of morpholine rings is 1.